The van der Waals surface area contributed by atoms with E-state index in [0.29, 0.717) is 12.0 Å². The van der Waals surface area contributed by atoms with Gasteiger partial charge >= 0.3 is 0 Å². The van der Waals surface area contributed by atoms with Crippen LogP contribution in [-0.2, 0) is 11.8 Å². The Morgan fingerprint density at radius 1 is 1.35 bits per heavy atom. The lowest BCUT2D eigenvalue weighted by molar-refractivity contribution is -0.0991. The molecule has 0 radical (unpaired) electrons. The lowest BCUT2D eigenvalue weighted by Crippen LogP contribution is -2.66. The predicted octanol–water partition coefficient (Wildman–Crippen LogP) is 1.72. The van der Waals surface area contributed by atoms with Crippen LogP contribution in [-0.4, -0.2) is 41.8 Å². The van der Waals surface area contributed by atoms with Gasteiger partial charge in [-0.2, -0.15) is 0 Å². The Kier molecular flexibility index (Phi) is 2.07. The molecule has 1 aromatic carbocycles. The number of piperidine rings is 1. The van der Waals surface area contributed by atoms with Gasteiger partial charge in [0.05, 0.1) is 6.10 Å². The molecule has 2 unspecified atom stereocenters. The van der Waals surface area contributed by atoms with Crippen LogP contribution in [0.4, 0.5) is 0 Å². The van der Waals surface area contributed by atoms with Gasteiger partial charge in [-0.15, -0.1) is 0 Å². The van der Waals surface area contributed by atoms with Crippen molar-refractivity contribution >= 4 is 0 Å². The molecule has 2 heterocycles. The van der Waals surface area contributed by atoms with Gasteiger partial charge in [-0.25, -0.2) is 0 Å². The van der Waals surface area contributed by atoms with Crippen LogP contribution in [0.25, 0.3) is 0 Å². The van der Waals surface area contributed by atoms with E-state index < -0.39 is 0 Å². The summed E-state index contributed by atoms with van der Waals surface area (Å²) in [5.74, 6) is 1.72. The summed E-state index contributed by atoms with van der Waals surface area (Å²) < 4.78 is 6.26. The monoisotopic (exact) mass is 271 g/mol. The summed E-state index contributed by atoms with van der Waals surface area (Å²) >= 11 is 0. The quantitative estimate of drug-likeness (QED) is 0.780. The Labute approximate surface area is 119 Å². The second-order valence-electron chi connectivity index (χ2n) is 7.12. The number of hydrogen-bond donors (Lipinski definition) is 1. The van der Waals surface area contributed by atoms with Crippen molar-refractivity contribution in [3.8, 4) is 5.75 Å². The van der Waals surface area contributed by atoms with Gasteiger partial charge in [0.2, 0.25) is 0 Å². The van der Waals surface area contributed by atoms with E-state index in [-0.39, 0.29) is 17.6 Å². The van der Waals surface area contributed by atoms with Crippen LogP contribution in [0.5, 0.6) is 5.75 Å². The van der Waals surface area contributed by atoms with Crippen molar-refractivity contribution in [1.82, 2.24) is 4.90 Å². The first-order valence-electron chi connectivity index (χ1n) is 7.89. The van der Waals surface area contributed by atoms with Gasteiger partial charge in [-0.1, -0.05) is 12.1 Å². The summed E-state index contributed by atoms with van der Waals surface area (Å²) in [6.07, 6.45) is 4.02. The van der Waals surface area contributed by atoms with Crippen molar-refractivity contribution < 1.29 is 9.84 Å². The maximum atomic E-state index is 10.5. The topological polar surface area (TPSA) is 32.7 Å². The average Bonchev–Trinajstić information content (AvgIpc) is 2.79. The van der Waals surface area contributed by atoms with Crippen molar-refractivity contribution in [1.29, 1.82) is 0 Å². The van der Waals surface area contributed by atoms with Crippen molar-refractivity contribution in [2.24, 2.45) is 5.92 Å². The van der Waals surface area contributed by atoms with Gasteiger partial charge < -0.3 is 14.7 Å². The second-order valence-corrected chi connectivity index (χ2v) is 7.12. The molecule has 1 aromatic rings. The highest BCUT2D eigenvalue weighted by molar-refractivity contribution is 5.55. The molecule has 5 atom stereocenters. The molecule has 1 saturated carbocycles. The number of rotatable bonds is 0. The molecule has 2 aliphatic heterocycles. The van der Waals surface area contributed by atoms with Crippen LogP contribution in [0.1, 0.15) is 30.4 Å². The van der Waals surface area contributed by atoms with Crippen LogP contribution in [0.3, 0.4) is 0 Å². The molecule has 1 N–H and O–H groups in total. The van der Waals surface area contributed by atoms with E-state index in [0.717, 1.165) is 38.0 Å². The minimum absolute atomic E-state index is 0.00565. The number of hydrogen-bond acceptors (Lipinski definition) is 3. The SMILES string of the molecule is CN1CC[C@]23c4c5cccc4OC2C(O)CC[C@H]3[C@H]1C5. The standard InChI is InChI=1S/C17H21NO2/c1-18-8-7-17-11-5-6-13(19)16(17)20-14-4-2-3-10(15(14)17)9-12(11)18/h2-4,11-13,16,19H,5-9H2,1H3/t11-,12+,13?,16?,17-/m0/s1. The molecule has 2 bridgehead atoms. The summed E-state index contributed by atoms with van der Waals surface area (Å²) in [4.78, 5) is 2.54. The molecule has 3 nitrogen and oxygen atoms in total. The highest BCUT2D eigenvalue weighted by atomic mass is 16.5. The molecule has 1 saturated heterocycles. The number of likely N-dealkylation sites (tertiary alicyclic amines) is 1. The molecule has 106 valence electrons. The number of ether oxygens (including phenoxy) is 1. The first-order chi connectivity index (χ1) is 9.72. The lowest BCUT2D eigenvalue weighted by Gasteiger charge is -2.58. The molecule has 4 aliphatic rings. The largest absolute Gasteiger partial charge is 0.486 e. The Morgan fingerprint density at radius 3 is 3.15 bits per heavy atom. The molecule has 0 amide bonds. The summed E-state index contributed by atoms with van der Waals surface area (Å²) in [6.45, 7) is 1.13. The number of likely N-dealkylation sites (N-methyl/N-ethyl adjacent to an activating group) is 1. The molecule has 1 spiro atoms. The van der Waals surface area contributed by atoms with Crippen molar-refractivity contribution in [2.75, 3.05) is 13.6 Å². The van der Waals surface area contributed by atoms with Gasteiger partial charge in [0.15, 0.2) is 0 Å². The Hall–Kier alpha value is -1.06. The molecule has 0 aromatic heterocycles. The van der Waals surface area contributed by atoms with E-state index in [1.165, 1.54) is 11.1 Å². The number of benzene rings is 1. The van der Waals surface area contributed by atoms with E-state index in [1.807, 2.05) is 0 Å². The van der Waals surface area contributed by atoms with Gasteiger partial charge in [0.25, 0.3) is 0 Å². The zero-order valence-corrected chi connectivity index (χ0v) is 11.9. The molecule has 3 heteroatoms. The van der Waals surface area contributed by atoms with Gasteiger partial charge in [0.1, 0.15) is 11.9 Å². The minimum atomic E-state index is -0.298. The predicted molar refractivity (Wildman–Crippen MR) is 76.0 cm³/mol. The highest BCUT2D eigenvalue weighted by Crippen LogP contribution is 2.61. The lowest BCUT2D eigenvalue weighted by atomic mass is 9.51. The third kappa shape index (κ3) is 1.12. The Balaban J connectivity index is 1.80. The molecule has 5 rings (SSSR count). The average molecular weight is 271 g/mol. The van der Waals surface area contributed by atoms with Crippen LogP contribution in [0.2, 0.25) is 0 Å². The molecular formula is C17H21NO2. The number of aliphatic hydroxyl groups excluding tert-OH is 1. The van der Waals surface area contributed by atoms with E-state index in [1.54, 1.807) is 0 Å². The maximum absolute atomic E-state index is 10.5. The fourth-order valence-electron chi connectivity index (χ4n) is 5.68. The van der Waals surface area contributed by atoms with Crippen molar-refractivity contribution in [3.05, 3.63) is 29.3 Å². The van der Waals surface area contributed by atoms with Crippen LogP contribution in [0, 0.1) is 5.92 Å². The molecule has 20 heavy (non-hydrogen) atoms. The highest BCUT2D eigenvalue weighted by Gasteiger charge is 2.64. The molecule has 2 fully saturated rings. The number of aliphatic hydroxyl groups is 1. The number of nitrogens with zero attached hydrogens (tertiary/aromatic N) is 1. The third-order valence-electron chi connectivity index (χ3n) is 6.46. The summed E-state index contributed by atoms with van der Waals surface area (Å²) in [5, 5.41) is 10.5. The fourth-order valence-corrected chi connectivity index (χ4v) is 5.68. The van der Waals surface area contributed by atoms with E-state index in [4.69, 9.17) is 4.74 Å². The maximum Gasteiger partial charge on any atom is 0.135 e. The van der Waals surface area contributed by atoms with Gasteiger partial charge in [0, 0.05) is 17.0 Å². The minimum Gasteiger partial charge on any atom is -0.486 e. The van der Waals surface area contributed by atoms with E-state index in [2.05, 4.69) is 30.1 Å². The zero-order valence-electron chi connectivity index (χ0n) is 11.9. The van der Waals surface area contributed by atoms with Gasteiger partial charge in [-0.3, -0.25) is 0 Å². The summed E-state index contributed by atoms with van der Waals surface area (Å²) in [6, 6.07) is 7.12. The smallest absolute Gasteiger partial charge is 0.135 e. The fraction of sp³-hybridized carbons (Fsp3) is 0.647. The second kappa shape index (κ2) is 3.58. The van der Waals surface area contributed by atoms with Crippen LogP contribution < -0.4 is 4.74 Å². The van der Waals surface area contributed by atoms with E-state index >= 15 is 0 Å². The summed E-state index contributed by atoms with van der Waals surface area (Å²) in [7, 11) is 2.27. The van der Waals surface area contributed by atoms with E-state index in [9.17, 15) is 5.11 Å². The zero-order chi connectivity index (χ0) is 13.5. The van der Waals surface area contributed by atoms with Gasteiger partial charge in [-0.05, 0) is 56.8 Å². The first-order valence-corrected chi connectivity index (χ1v) is 7.89. The normalized spacial score (nSPS) is 44.9. The van der Waals surface area contributed by atoms with Crippen LogP contribution >= 0.6 is 0 Å². The Morgan fingerprint density at radius 2 is 2.25 bits per heavy atom. The third-order valence-corrected chi connectivity index (χ3v) is 6.46. The first kappa shape index (κ1) is 11.6. The molecular weight excluding hydrogens is 250 g/mol. The Bertz CT molecular complexity index is 586. The van der Waals surface area contributed by atoms with Crippen molar-refractivity contribution in [3.63, 3.8) is 0 Å². The van der Waals surface area contributed by atoms with Crippen molar-refractivity contribution in [2.45, 2.75) is 49.3 Å². The van der Waals surface area contributed by atoms with Crippen LogP contribution in [0.15, 0.2) is 18.2 Å². The summed E-state index contributed by atoms with van der Waals surface area (Å²) in [5.41, 5.74) is 3.02. The molecule has 2 aliphatic carbocycles.